The number of hydrogen-bond donors (Lipinski definition) is 1. The number of aromatic nitrogens is 1. The Morgan fingerprint density at radius 3 is 2.87 bits per heavy atom. The highest BCUT2D eigenvalue weighted by atomic mass is 32.1. The number of pyridine rings is 1. The van der Waals surface area contributed by atoms with E-state index >= 15 is 0 Å². The Kier molecular flexibility index (Phi) is 4.69. The van der Waals surface area contributed by atoms with Gasteiger partial charge in [0.25, 0.3) is 0 Å². The van der Waals surface area contributed by atoms with E-state index in [-0.39, 0.29) is 17.4 Å². The molecule has 3 rings (SSSR count). The molecule has 2 aromatic rings. The normalized spacial score (nSPS) is 18.2. The first-order chi connectivity index (χ1) is 11.0. The fourth-order valence-electron chi connectivity index (χ4n) is 3.56. The van der Waals surface area contributed by atoms with Crippen molar-refractivity contribution in [3.05, 3.63) is 29.3 Å². The molecule has 1 unspecified atom stereocenters. The average molecular weight is 331 g/mol. The van der Waals surface area contributed by atoms with Gasteiger partial charge in [-0.25, -0.2) is 0 Å². The smallest absolute Gasteiger partial charge is 0.229 e. The van der Waals surface area contributed by atoms with Crippen LogP contribution < -0.4 is 5.32 Å². The van der Waals surface area contributed by atoms with Crippen LogP contribution in [0, 0.1) is 5.41 Å². The summed E-state index contributed by atoms with van der Waals surface area (Å²) in [7, 11) is 3.72. The van der Waals surface area contributed by atoms with Crippen molar-refractivity contribution in [2.75, 3.05) is 20.6 Å². The molecule has 2 aromatic heterocycles. The van der Waals surface area contributed by atoms with Crippen molar-refractivity contribution in [3.8, 4) is 0 Å². The molecule has 124 valence electrons. The molecule has 0 saturated heterocycles. The molecule has 1 N–H and O–H groups in total. The molecule has 1 amide bonds. The molecule has 23 heavy (non-hydrogen) atoms. The van der Waals surface area contributed by atoms with Crippen molar-refractivity contribution < 1.29 is 4.79 Å². The van der Waals surface area contributed by atoms with Crippen molar-refractivity contribution in [1.29, 1.82) is 0 Å². The summed E-state index contributed by atoms with van der Waals surface area (Å²) in [6.07, 6.45) is 6.23. The van der Waals surface area contributed by atoms with E-state index in [2.05, 4.69) is 28.7 Å². The minimum absolute atomic E-state index is 0.196. The van der Waals surface area contributed by atoms with Crippen LogP contribution >= 0.6 is 11.3 Å². The maximum atomic E-state index is 12.6. The van der Waals surface area contributed by atoms with Crippen LogP contribution in [0.2, 0.25) is 0 Å². The van der Waals surface area contributed by atoms with Gasteiger partial charge in [0.05, 0.1) is 15.6 Å². The van der Waals surface area contributed by atoms with Crippen LogP contribution in [-0.2, 0) is 4.79 Å². The molecule has 0 aromatic carbocycles. The maximum absolute atomic E-state index is 12.6. The lowest BCUT2D eigenvalue weighted by atomic mass is 9.84. The van der Waals surface area contributed by atoms with Gasteiger partial charge in [-0.15, -0.1) is 11.3 Å². The van der Waals surface area contributed by atoms with E-state index in [9.17, 15) is 4.79 Å². The maximum Gasteiger partial charge on any atom is 0.229 e. The Morgan fingerprint density at radius 1 is 1.43 bits per heavy atom. The fraction of sp³-hybridized carbons (Fsp3) is 0.556. The predicted octanol–water partition coefficient (Wildman–Crippen LogP) is 3.60. The third-order valence-corrected chi connectivity index (χ3v) is 5.84. The third-order valence-electron chi connectivity index (χ3n) is 4.99. The number of amides is 1. The molecule has 4 nitrogen and oxygen atoms in total. The van der Waals surface area contributed by atoms with E-state index in [1.54, 1.807) is 16.2 Å². The number of hydrogen-bond acceptors (Lipinski definition) is 4. The first kappa shape index (κ1) is 16.4. The van der Waals surface area contributed by atoms with E-state index < -0.39 is 0 Å². The second kappa shape index (κ2) is 6.57. The van der Waals surface area contributed by atoms with E-state index in [4.69, 9.17) is 0 Å². The average Bonchev–Trinajstić information content (AvgIpc) is 3.20. The number of carbonyl (C=O) groups is 1. The number of fused-ring (bicyclic) bond motifs is 1. The second-order valence-corrected chi connectivity index (χ2v) is 7.81. The number of carbonyl (C=O) groups excluding carboxylic acids is 1. The van der Waals surface area contributed by atoms with Crippen molar-refractivity contribution >= 4 is 27.5 Å². The Balaban J connectivity index is 1.71. The summed E-state index contributed by atoms with van der Waals surface area (Å²) in [6, 6.07) is 4.45. The number of thiophene rings is 1. The quantitative estimate of drug-likeness (QED) is 0.910. The monoisotopic (exact) mass is 331 g/mol. The van der Waals surface area contributed by atoms with E-state index in [0.717, 1.165) is 37.7 Å². The van der Waals surface area contributed by atoms with Crippen LogP contribution in [-0.4, -0.2) is 36.4 Å². The number of nitrogens with one attached hydrogen (secondary N) is 1. The Labute approximate surface area is 141 Å². The van der Waals surface area contributed by atoms with Crippen LogP contribution in [0.4, 0.5) is 0 Å². The molecule has 1 aliphatic carbocycles. The first-order valence-corrected chi connectivity index (χ1v) is 9.18. The summed E-state index contributed by atoms with van der Waals surface area (Å²) >= 11 is 1.72. The van der Waals surface area contributed by atoms with Crippen LogP contribution in [0.5, 0.6) is 0 Å². The van der Waals surface area contributed by atoms with E-state index in [1.165, 1.54) is 10.3 Å². The van der Waals surface area contributed by atoms with Crippen molar-refractivity contribution in [2.24, 2.45) is 5.41 Å². The minimum Gasteiger partial charge on any atom is -0.348 e. The molecule has 1 atom stereocenters. The Morgan fingerprint density at radius 2 is 2.17 bits per heavy atom. The van der Waals surface area contributed by atoms with Crippen molar-refractivity contribution in [2.45, 2.75) is 38.6 Å². The lowest BCUT2D eigenvalue weighted by Crippen LogP contribution is -2.45. The Hall–Kier alpha value is -1.46. The Bertz CT molecular complexity index is 688. The SMILES string of the molecule is CC(NCC1(C(=O)N(C)C)CCCC1)c1cnc2ccsc2c1. The largest absolute Gasteiger partial charge is 0.348 e. The van der Waals surface area contributed by atoms with Gasteiger partial charge in [0, 0.05) is 32.9 Å². The van der Waals surface area contributed by atoms with Gasteiger partial charge in [-0.2, -0.15) is 0 Å². The van der Waals surface area contributed by atoms with Gasteiger partial charge in [-0.3, -0.25) is 9.78 Å². The molecule has 1 saturated carbocycles. The van der Waals surface area contributed by atoms with Gasteiger partial charge >= 0.3 is 0 Å². The molecule has 0 radical (unpaired) electrons. The lowest BCUT2D eigenvalue weighted by Gasteiger charge is -2.32. The van der Waals surface area contributed by atoms with Crippen LogP contribution in [0.15, 0.2) is 23.7 Å². The molecule has 0 bridgehead atoms. The standard InChI is InChI=1S/C18H25N3OS/c1-13(14-10-16-15(19-11-14)6-9-23-16)20-12-18(7-4-5-8-18)17(22)21(2)3/h6,9-11,13,20H,4-5,7-8,12H2,1-3H3. The number of rotatable bonds is 5. The van der Waals surface area contributed by atoms with Gasteiger partial charge in [0.2, 0.25) is 5.91 Å². The van der Waals surface area contributed by atoms with E-state index in [1.807, 2.05) is 26.4 Å². The first-order valence-electron chi connectivity index (χ1n) is 8.30. The molecule has 0 aliphatic heterocycles. The number of nitrogens with zero attached hydrogens (tertiary/aromatic N) is 2. The fourth-order valence-corrected chi connectivity index (χ4v) is 4.35. The van der Waals surface area contributed by atoms with Crippen LogP contribution in [0.25, 0.3) is 10.2 Å². The predicted molar refractivity (Wildman–Crippen MR) is 95.6 cm³/mol. The molecule has 1 aliphatic rings. The summed E-state index contributed by atoms with van der Waals surface area (Å²) < 4.78 is 1.22. The topological polar surface area (TPSA) is 45.2 Å². The molecule has 1 fully saturated rings. The summed E-state index contributed by atoms with van der Waals surface area (Å²) in [5, 5.41) is 5.66. The van der Waals surface area contributed by atoms with Crippen molar-refractivity contribution in [1.82, 2.24) is 15.2 Å². The summed E-state index contributed by atoms with van der Waals surface area (Å²) in [4.78, 5) is 18.9. The second-order valence-electron chi connectivity index (χ2n) is 6.86. The van der Waals surface area contributed by atoms with Crippen LogP contribution in [0.1, 0.15) is 44.2 Å². The zero-order valence-corrected chi connectivity index (χ0v) is 14.9. The molecule has 0 spiro atoms. The van der Waals surface area contributed by atoms with Gasteiger partial charge in [0.1, 0.15) is 0 Å². The van der Waals surface area contributed by atoms with Crippen LogP contribution in [0.3, 0.4) is 0 Å². The van der Waals surface area contributed by atoms with Gasteiger partial charge in [-0.1, -0.05) is 12.8 Å². The summed E-state index contributed by atoms with van der Waals surface area (Å²) in [6.45, 7) is 2.90. The highest BCUT2D eigenvalue weighted by Crippen LogP contribution is 2.39. The zero-order valence-electron chi connectivity index (χ0n) is 14.1. The molecular formula is C18H25N3OS. The molecule has 2 heterocycles. The zero-order chi connectivity index (χ0) is 16.4. The molecule has 5 heteroatoms. The molecular weight excluding hydrogens is 306 g/mol. The minimum atomic E-state index is -0.224. The highest BCUT2D eigenvalue weighted by Gasteiger charge is 2.41. The van der Waals surface area contributed by atoms with E-state index in [0.29, 0.717) is 0 Å². The van der Waals surface area contributed by atoms with Crippen molar-refractivity contribution in [3.63, 3.8) is 0 Å². The van der Waals surface area contributed by atoms with Gasteiger partial charge in [0.15, 0.2) is 0 Å². The van der Waals surface area contributed by atoms with Gasteiger partial charge in [-0.05, 0) is 42.8 Å². The highest BCUT2D eigenvalue weighted by molar-refractivity contribution is 7.17. The third kappa shape index (κ3) is 3.26. The van der Waals surface area contributed by atoms with Gasteiger partial charge < -0.3 is 10.2 Å². The summed E-state index contributed by atoms with van der Waals surface area (Å²) in [5.41, 5.74) is 2.02. The summed E-state index contributed by atoms with van der Waals surface area (Å²) in [5.74, 6) is 0.265. The lowest BCUT2D eigenvalue weighted by molar-refractivity contribution is -0.139.